The molecule has 1 N–H and O–H groups in total. The topological polar surface area (TPSA) is 79.2 Å². The van der Waals surface area contributed by atoms with Gasteiger partial charge < -0.3 is 10.1 Å². The first-order chi connectivity index (χ1) is 12.6. The number of nitrogens with zero attached hydrogens (tertiary/aromatic N) is 1. The zero-order valence-electron chi connectivity index (χ0n) is 14.0. The Balaban J connectivity index is 1.65. The molecule has 26 heavy (non-hydrogen) atoms. The molecule has 134 valence electrons. The lowest BCUT2D eigenvalue weighted by atomic mass is 10.1. The van der Waals surface area contributed by atoms with Crippen molar-refractivity contribution in [3.8, 4) is 6.07 Å². The van der Waals surface area contributed by atoms with Crippen molar-refractivity contribution < 1.29 is 14.3 Å². The van der Waals surface area contributed by atoms with Gasteiger partial charge in [0.05, 0.1) is 16.1 Å². The summed E-state index contributed by atoms with van der Waals surface area (Å²) in [7, 11) is 0. The van der Waals surface area contributed by atoms with Crippen LogP contribution in [-0.2, 0) is 22.4 Å². The van der Waals surface area contributed by atoms with Gasteiger partial charge in [0.2, 0.25) is 0 Å². The minimum Gasteiger partial charge on any atom is -0.452 e. The minimum absolute atomic E-state index is 0.211. The number of esters is 1. The first-order valence-corrected chi connectivity index (χ1v) is 9.55. The molecule has 7 heteroatoms. The predicted octanol–water partition coefficient (Wildman–Crippen LogP) is 4.34. The number of ether oxygens (including phenoxy) is 1. The van der Waals surface area contributed by atoms with Crippen molar-refractivity contribution in [1.29, 1.82) is 5.26 Å². The minimum atomic E-state index is -0.659. The number of nitrogens with one attached hydrogen (secondary N) is 1. The summed E-state index contributed by atoms with van der Waals surface area (Å²) in [5.74, 6) is -1.13. The van der Waals surface area contributed by atoms with Crippen molar-refractivity contribution in [1.82, 2.24) is 0 Å². The molecule has 1 aliphatic rings. The van der Waals surface area contributed by atoms with Gasteiger partial charge in [0.15, 0.2) is 6.61 Å². The van der Waals surface area contributed by atoms with Crippen LogP contribution in [0.3, 0.4) is 0 Å². The molecule has 0 bridgehead atoms. The fraction of sp³-hybridized carbons (Fsp3) is 0.316. The first-order valence-electron chi connectivity index (χ1n) is 8.36. The van der Waals surface area contributed by atoms with Gasteiger partial charge in [0.25, 0.3) is 5.91 Å². The average Bonchev–Trinajstić information content (AvgIpc) is 2.79. The average molecular weight is 389 g/mol. The van der Waals surface area contributed by atoms with Gasteiger partial charge in [-0.3, -0.25) is 4.79 Å². The number of carbonyl (C=O) groups is 2. The smallest absolute Gasteiger partial charge is 0.340 e. The highest BCUT2D eigenvalue weighted by Crippen LogP contribution is 2.36. The molecule has 2 aromatic rings. The van der Waals surface area contributed by atoms with Crippen LogP contribution in [0.2, 0.25) is 5.02 Å². The summed E-state index contributed by atoms with van der Waals surface area (Å²) in [6.45, 7) is -0.433. The zero-order valence-corrected chi connectivity index (χ0v) is 15.6. The van der Waals surface area contributed by atoms with E-state index in [9.17, 15) is 14.9 Å². The molecule has 0 radical (unpaired) electrons. The molecule has 5 nitrogen and oxygen atoms in total. The Morgan fingerprint density at radius 3 is 2.77 bits per heavy atom. The van der Waals surface area contributed by atoms with Crippen LogP contribution in [0.15, 0.2) is 24.3 Å². The number of carbonyl (C=O) groups excluding carboxylic acids is 2. The standard InChI is InChI=1S/C19H17ClN2O3S/c20-15-8-5-4-7-13(15)19(24)25-11-17(23)22-18-14(10-21)12-6-2-1-3-9-16(12)26-18/h4-5,7-8H,1-3,6,9,11H2,(H,22,23). The molecule has 1 aliphatic carbocycles. The van der Waals surface area contributed by atoms with Crippen LogP contribution < -0.4 is 5.32 Å². The number of hydrogen-bond donors (Lipinski definition) is 1. The first kappa shape index (κ1) is 18.4. The van der Waals surface area contributed by atoms with Crippen LogP contribution >= 0.6 is 22.9 Å². The summed E-state index contributed by atoms with van der Waals surface area (Å²) in [5, 5.41) is 13.0. The predicted molar refractivity (Wildman–Crippen MR) is 101 cm³/mol. The maximum atomic E-state index is 12.2. The number of amides is 1. The summed E-state index contributed by atoms with van der Waals surface area (Å²) < 4.78 is 5.02. The second kappa shape index (κ2) is 8.35. The summed E-state index contributed by atoms with van der Waals surface area (Å²) >= 11 is 7.38. The van der Waals surface area contributed by atoms with Gasteiger partial charge in [0, 0.05) is 4.88 Å². The third kappa shape index (κ3) is 4.06. The summed E-state index contributed by atoms with van der Waals surface area (Å²) in [4.78, 5) is 25.3. The summed E-state index contributed by atoms with van der Waals surface area (Å²) in [6, 6.07) is 8.69. The fourth-order valence-corrected chi connectivity index (χ4v) is 4.42. The van der Waals surface area contributed by atoms with E-state index < -0.39 is 18.5 Å². The monoisotopic (exact) mass is 388 g/mol. The lowest BCUT2D eigenvalue weighted by Crippen LogP contribution is -2.21. The van der Waals surface area contributed by atoms with Crippen molar-refractivity contribution in [3.05, 3.63) is 50.9 Å². The van der Waals surface area contributed by atoms with E-state index in [0.29, 0.717) is 10.6 Å². The molecular formula is C19H17ClN2O3S. The normalized spacial score (nSPS) is 13.2. The quantitative estimate of drug-likeness (QED) is 0.624. The van der Waals surface area contributed by atoms with Gasteiger partial charge in [-0.25, -0.2) is 4.79 Å². The van der Waals surface area contributed by atoms with Gasteiger partial charge in [-0.15, -0.1) is 11.3 Å². The van der Waals surface area contributed by atoms with Crippen molar-refractivity contribution in [2.45, 2.75) is 32.1 Å². The van der Waals surface area contributed by atoms with Crippen molar-refractivity contribution in [2.24, 2.45) is 0 Å². The number of rotatable bonds is 4. The summed E-state index contributed by atoms with van der Waals surface area (Å²) in [5.41, 5.74) is 1.80. The Morgan fingerprint density at radius 1 is 1.23 bits per heavy atom. The lowest BCUT2D eigenvalue weighted by molar-refractivity contribution is -0.119. The maximum Gasteiger partial charge on any atom is 0.340 e. The van der Waals surface area contributed by atoms with Gasteiger partial charge >= 0.3 is 5.97 Å². The van der Waals surface area contributed by atoms with Crippen molar-refractivity contribution in [3.63, 3.8) is 0 Å². The second-order valence-electron chi connectivity index (χ2n) is 5.98. The maximum absolute atomic E-state index is 12.2. The van der Waals surface area contributed by atoms with Crippen LogP contribution in [0.5, 0.6) is 0 Å². The van der Waals surface area contributed by atoms with Gasteiger partial charge in [-0.2, -0.15) is 5.26 Å². The lowest BCUT2D eigenvalue weighted by Gasteiger charge is -2.07. The van der Waals surface area contributed by atoms with E-state index in [-0.39, 0.29) is 10.6 Å². The molecule has 0 atom stereocenters. The molecule has 0 saturated carbocycles. The van der Waals surface area contributed by atoms with Crippen LogP contribution in [0, 0.1) is 11.3 Å². The summed E-state index contributed by atoms with van der Waals surface area (Å²) in [6.07, 6.45) is 5.12. The second-order valence-corrected chi connectivity index (χ2v) is 7.50. The van der Waals surface area contributed by atoms with Gasteiger partial charge in [-0.05, 0) is 43.4 Å². The molecule has 0 spiro atoms. The van der Waals surface area contributed by atoms with E-state index in [2.05, 4.69) is 11.4 Å². The number of nitriles is 1. The highest BCUT2D eigenvalue weighted by atomic mass is 35.5. The third-order valence-corrected chi connectivity index (χ3v) is 5.75. The molecule has 1 aromatic carbocycles. The number of hydrogen-bond acceptors (Lipinski definition) is 5. The molecule has 1 aromatic heterocycles. The van der Waals surface area contributed by atoms with Crippen LogP contribution in [0.4, 0.5) is 5.00 Å². The zero-order chi connectivity index (χ0) is 18.5. The van der Waals surface area contributed by atoms with E-state index in [1.54, 1.807) is 18.2 Å². The molecule has 3 rings (SSSR count). The Labute approximate surface area is 160 Å². The SMILES string of the molecule is N#Cc1c(NC(=O)COC(=O)c2ccccc2Cl)sc2c1CCCCC2. The van der Waals surface area contributed by atoms with Gasteiger partial charge in [-0.1, -0.05) is 30.2 Å². The van der Waals surface area contributed by atoms with E-state index in [1.807, 2.05) is 0 Å². The molecule has 0 saturated heterocycles. The van der Waals surface area contributed by atoms with E-state index in [0.717, 1.165) is 37.7 Å². The fourth-order valence-electron chi connectivity index (χ4n) is 2.95. The van der Waals surface area contributed by atoms with Crippen LogP contribution in [0.1, 0.15) is 45.6 Å². The molecule has 0 unspecified atom stereocenters. The molecule has 1 heterocycles. The highest BCUT2D eigenvalue weighted by Gasteiger charge is 2.21. The molecule has 0 aliphatic heterocycles. The Morgan fingerprint density at radius 2 is 2.00 bits per heavy atom. The number of fused-ring (bicyclic) bond motifs is 1. The third-order valence-electron chi connectivity index (χ3n) is 4.21. The van der Waals surface area contributed by atoms with E-state index in [1.165, 1.54) is 22.3 Å². The number of aryl methyl sites for hydroxylation is 1. The Hall–Kier alpha value is -2.36. The molecular weight excluding hydrogens is 372 g/mol. The Bertz CT molecular complexity index is 885. The number of anilines is 1. The van der Waals surface area contributed by atoms with E-state index >= 15 is 0 Å². The Kier molecular flexibility index (Phi) is 5.92. The highest BCUT2D eigenvalue weighted by molar-refractivity contribution is 7.16. The number of halogens is 1. The van der Waals surface area contributed by atoms with E-state index in [4.69, 9.17) is 16.3 Å². The molecule has 0 fully saturated rings. The number of benzene rings is 1. The van der Waals surface area contributed by atoms with Gasteiger partial charge in [0.1, 0.15) is 11.1 Å². The largest absolute Gasteiger partial charge is 0.452 e. The van der Waals surface area contributed by atoms with Crippen LogP contribution in [0.25, 0.3) is 0 Å². The number of thiophene rings is 1. The van der Waals surface area contributed by atoms with Crippen molar-refractivity contribution >= 4 is 39.8 Å². The molecule has 1 amide bonds. The van der Waals surface area contributed by atoms with Crippen LogP contribution in [-0.4, -0.2) is 18.5 Å². The van der Waals surface area contributed by atoms with Crippen molar-refractivity contribution in [2.75, 3.05) is 11.9 Å².